The topological polar surface area (TPSA) is 51.1 Å². The Bertz CT molecular complexity index is 772. The highest BCUT2D eigenvalue weighted by atomic mass is 35.5. The van der Waals surface area contributed by atoms with E-state index in [1.54, 1.807) is 18.9 Å². The third-order valence-electron chi connectivity index (χ3n) is 3.94. The van der Waals surface area contributed by atoms with Crippen LogP contribution in [-0.2, 0) is 0 Å². The Morgan fingerprint density at radius 3 is 2.92 bits per heavy atom. The number of nitrogens with one attached hydrogen (secondary N) is 2. The molecule has 24 heavy (non-hydrogen) atoms. The van der Waals surface area contributed by atoms with Crippen LogP contribution < -0.4 is 15.4 Å². The standard InChI is InChI=1S/C17H21ClN4OS/c1-11-10-20-8-7-14(11)22-16(19-2)15(17(21-22)23-3)24-13-6-4-5-12(18)9-13/h4-6,9,19-20H,7-8,10H2,1-3H3. The first-order valence-electron chi connectivity index (χ1n) is 7.82. The number of anilines is 1. The fraction of sp³-hybridized carbons (Fsp3) is 0.353. The molecule has 0 radical (unpaired) electrons. The van der Waals surface area contributed by atoms with Crippen molar-refractivity contribution in [3.05, 3.63) is 34.9 Å². The highest BCUT2D eigenvalue weighted by molar-refractivity contribution is 7.99. The van der Waals surface area contributed by atoms with Crippen LogP contribution in [0.25, 0.3) is 5.70 Å². The van der Waals surface area contributed by atoms with E-state index in [1.807, 2.05) is 36.0 Å². The Hall–Kier alpha value is -1.63. The summed E-state index contributed by atoms with van der Waals surface area (Å²) >= 11 is 7.71. The van der Waals surface area contributed by atoms with Gasteiger partial charge in [0.2, 0.25) is 5.88 Å². The van der Waals surface area contributed by atoms with Crippen molar-refractivity contribution in [1.29, 1.82) is 0 Å². The van der Waals surface area contributed by atoms with Crippen LogP contribution >= 0.6 is 23.4 Å². The summed E-state index contributed by atoms with van der Waals surface area (Å²) < 4.78 is 7.51. The van der Waals surface area contributed by atoms with E-state index in [2.05, 4.69) is 22.7 Å². The van der Waals surface area contributed by atoms with Crippen LogP contribution in [-0.4, -0.2) is 37.0 Å². The molecule has 3 rings (SSSR count). The molecule has 1 aromatic carbocycles. The van der Waals surface area contributed by atoms with Crippen LogP contribution in [0.2, 0.25) is 5.02 Å². The molecule has 0 atom stereocenters. The summed E-state index contributed by atoms with van der Waals surface area (Å²) in [5.41, 5.74) is 2.51. The van der Waals surface area contributed by atoms with Crippen LogP contribution in [0.5, 0.6) is 5.88 Å². The van der Waals surface area contributed by atoms with Gasteiger partial charge in [0.1, 0.15) is 10.7 Å². The SMILES string of the molecule is CNc1c(Sc2cccc(Cl)c2)c(OC)nn1C1=C(C)CNCC1. The molecule has 0 aliphatic carbocycles. The van der Waals surface area contributed by atoms with E-state index in [0.717, 1.165) is 35.1 Å². The van der Waals surface area contributed by atoms with Gasteiger partial charge in [-0.15, -0.1) is 5.10 Å². The smallest absolute Gasteiger partial charge is 0.249 e. The predicted octanol–water partition coefficient (Wildman–Crippen LogP) is 3.96. The van der Waals surface area contributed by atoms with Crippen molar-refractivity contribution in [2.24, 2.45) is 0 Å². The zero-order valence-electron chi connectivity index (χ0n) is 14.0. The number of rotatable bonds is 5. The number of aromatic nitrogens is 2. The molecule has 2 aromatic rings. The number of benzene rings is 1. The minimum absolute atomic E-state index is 0.614. The average Bonchev–Trinajstić information content (AvgIpc) is 2.92. The molecule has 0 saturated heterocycles. The number of halogens is 1. The van der Waals surface area contributed by atoms with Gasteiger partial charge in [-0.1, -0.05) is 29.4 Å². The maximum atomic E-state index is 6.11. The molecule has 2 N–H and O–H groups in total. The van der Waals surface area contributed by atoms with Gasteiger partial charge in [0, 0.05) is 42.2 Å². The number of nitrogens with zero attached hydrogens (tertiary/aromatic N) is 2. The molecule has 0 fully saturated rings. The molecule has 1 aliphatic heterocycles. The van der Waals surface area contributed by atoms with Crippen LogP contribution in [0.3, 0.4) is 0 Å². The van der Waals surface area contributed by atoms with Gasteiger partial charge < -0.3 is 15.4 Å². The molecule has 5 nitrogen and oxygen atoms in total. The lowest BCUT2D eigenvalue weighted by atomic mass is 10.1. The van der Waals surface area contributed by atoms with Crippen molar-refractivity contribution >= 4 is 34.9 Å². The van der Waals surface area contributed by atoms with Crippen molar-refractivity contribution < 1.29 is 4.74 Å². The van der Waals surface area contributed by atoms with Crippen molar-refractivity contribution in [2.75, 3.05) is 32.6 Å². The molecule has 7 heteroatoms. The third-order valence-corrected chi connectivity index (χ3v) is 5.23. The molecule has 128 valence electrons. The summed E-state index contributed by atoms with van der Waals surface area (Å²) in [5, 5.41) is 12.1. The second-order valence-corrected chi connectivity index (χ2v) is 7.08. The van der Waals surface area contributed by atoms with Crippen molar-refractivity contribution in [1.82, 2.24) is 15.1 Å². The van der Waals surface area contributed by atoms with Gasteiger partial charge in [0.25, 0.3) is 0 Å². The fourth-order valence-electron chi connectivity index (χ4n) is 2.76. The molecule has 0 amide bonds. The second-order valence-electron chi connectivity index (χ2n) is 5.56. The van der Waals surface area contributed by atoms with Crippen molar-refractivity contribution in [3.63, 3.8) is 0 Å². The highest BCUT2D eigenvalue weighted by Gasteiger charge is 2.23. The van der Waals surface area contributed by atoms with Gasteiger partial charge in [-0.05, 0) is 30.7 Å². The summed E-state index contributed by atoms with van der Waals surface area (Å²) in [4.78, 5) is 2.01. The maximum absolute atomic E-state index is 6.11. The molecule has 1 aliphatic rings. The minimum Gasteiger partial charge on any atom is -0.479 e. The van der Waals surface area contributed by atoms with Gasteiger partial charge in [0.15, 0.2) is 0 Å². The molecule has 2 heterocycles. The summed E-state index contributed by atoms with van der Waals surface area (Å²) in [7, 11) is 3.56. The van der Waals surface area contributed by atoms with Gasteiger partial charge in [-0.2, -0.15) is 0 Å². The molecule has 0 unspecified atom stereocenters. The number of ether oxygens (including phenoxy) is 1. The molecule has 0 bridgehead atoms. The normalized spacial score (nSPS) is 14.8. The van der Waals surface area contributed by atoms with Crippen molar-refractivity contribution in [2.45, 2.75) is 23.1 Å². The molecule has 1 aromatic heterocycles. The zero-order chi connectivity index (χ0) is 17.1. The predicted molar refractivity (Wildman–Crippen MR) is 100 cm³/mol. The van der Waals surface area contributed by atoms with E-state index in [-0.39, 0.29) is 0 Å². The Balaban J connectivity index is 2.05. The van der Waals surface area contributed by atoms with E-state index >= 15 is 0 Å². The van der Waals surface area contributed by atoms with Gasteiger partial charge in [-0.3, -0.25) is 0 Å². The fourth-order valence-corrected chi connectivity index (χ4v) is 4.08. The number of methoxy groups -OCH3 is 1. The van der Waals surface area contributed by atoms with E-state index in [9.17, 15) is 0 Å². The van der Waals surface area contributed by atoms with E-state index < -0.39 is 0 Å². The average molecular weight is 365 g/mol. The molecular formula is C17H21ClN4OS. The minimum atomic E-state index is 0.614. The van der Waals surface area contributed by atoms with Crippen LogP contribution in [0.1, 0.15) is 13.3 Å². The Kier molecular flexibility index (Phi) is 5.38. The zero-order valence-corrected chi connectivity index (χ0v) is 15.6. The number of hydrogen-bond donors (Lipinski definition) is 2. The Morgan fingerprint density at radius 1 is 1.42 bits per heavy atom. The quantitative estimate of drug-likeness (QED) is 0.840. The number of hydrogen-bond acceptors (Lipinski definition) is 5. The van der Waals surface area contributed by atoms with Crippen LogP contribution in [0, 0.1) is 0 Å². The third kappa shape index (κ3) is 3.41. The highest BCUT2D eigenvalue weighted by Crippen LogP contribution is 2.42. The summed E-state index contributed by atoms with van der Waals surface area (Å²) in [6, 6.07) is 7.79. The first kappa shape index (κ1) is 17.2. The van der Waals surface area contributed by atoms with Gasteiger partial charge >= 0.3 is 0 Å². The summed E-state index contributed by atoms with van der Waals surface area (Å²) in [6.07, 6.45) is 0.937. The lowest BCUT2D eigenvalue weighted by Gasteiger charge is -2.20. The Morgan fingerprint density at radius 2 is 2.25 bits per heavy atom. The lowest BCUT2D eigenvalue weighted by molar-refractivity contribution is 0.385. The van der Waals surface area contributed by atoms with E-state index in [4.69, 9.17) is 16.3 Å². The van der Waals surface area contributed by atoms with Gasteiger partial charge in [0.05, 0.1) is 7.11 Å². The van der Waals surface area contributed by atoms with Gasteiger partial charge in [-0.25, -0.2) is 4.68 Å². The van der Waals surface area contributed by atoms with E-state index in [1.165, 1.54) is 11.3 Å². The lowest BCUT2D eigenvalue weighted by Crippen LogP contribution is -2.26. The monoisotopic (exact) mass is 364 g/mol. The van der Waals surface area contributed by atoms with E-state index in [0.29, 0.717) is 10.9 Å². The van der Waals surface area contributed by atoms with Crippen LogP contribution in [0.4, 0.5) is 5.82 Å². The summed E-state index contributed by atoms with van der Waals surface area (Å²) in [6.45, 7) is 3.98. The Labute approximate surface area is 151 Å². The molecule has 0 spiro atoms. The molecule has 0 saturated carbocycles. The first-order chi connectivity index (χ1) is 11.6. The molecular weight excluding hydrogens is 344 g/mol. The van der Waals surface area contributed by atoms with Crippen molar-refractivity contribution in [3.8, 4) is 5.88 Å². The second kappa shape index (κ2) is 7.51. The maximum Gasteiger partial charge on any atom is 0.249 e. The largest absolute Gasteiger partial charge is 0.479 e. The summed E-state index contributed by atoms with van der Waals surface area (Å²) in [5.74, 6) is 1.55. The van der Waals surface area contributed by atoms with Crippen LogP contribution in [0.15, 0.2) is 39.6 Å². The first-order valence-corrected chi connectivity index (χ1v) is 9.01.